The average Bonchev–Trinajstić information content (AvgIpc) is 2.67. The van der Waals surface area contributed by atoms with Gasteiger partial charge in [-0.1, -0.05) is 46.3 Å². The van der Waals surface area contributed by atoms with Gasteiger partial charge in [-0.3, -0.25) is 0 Å². The van der Waals surface area contributed by atoms with E-state index in [1.165, 1.54) is 0 Å². The van der Waals surface area contributed by atoms with Crippen molar-refractivity contribution in [1.29, 1.82) is 0 Å². The molecule has 0 saturated heterocycles. The van der Waals surface area contributed by atoms with Crippen molar-refractivity contribution in [3.8, 4) is 5.75 Å². The van der Waals surface area contributed by atoms with Crippen LogP contribution in [0.5, 0.6) is 5.75 Å². The van der Waals surface area contributed by atoms with E-state index in [2.05, 4.69) is 26.6 Å². The molecule has 1 aliphatic heterocycles. The minimum atomic E-state index is -0.734. The van der Waals surface area contributed by atoms with Crippen molar-refractivity contribution in [3.63, 3.8) is 0 Å². The highest BCUT2D eigenvalue weighted by atomic mass is 79.9. The lowest BCUT2D eigenvalue weighted by molar-refractivity contribution is -0.143. The Kier molecular flexibility index (Phi) is 6.04. The Morgan fingerprint density at radius 2 is 1.86 bits per heavy atom. The minimum Gasteiger partial charge on any atom is -0.496 e. The summed E-state index contributed by atoms with van der Waals surface area (Å²) in [4.78, 5) is 25.5. The van der Waals surface area contributed by atoms with Gasteiger partial charge in [-0.25, -0.2) is 9.59 Å². The molecule has 0 radical (unpaired) electrons. The highest BCUT2D eigenvalue weighted by Gasteiger charge is 2.36. The summed E-state index contributed by atoms with van der Waals surface area (Å²) in [7, 11) is 1.55. The van der Waals surface area contributed by atoms with Crippen LogP contribution in [-0.4, -0.2) is 25.2 Å². The van der Waals surface area contributed by atoms with Crippen molar-refractivity contribution in [3.05, 3.63) is 69.7 Å². The van der Waals surface area contributed by atoms with Crippen LogP contribution in [0.25, 0.3) is 5.70 Å². The maximum absolute atomic E-state index is 13.0. The third kappa shape index (κ3) is 4.20. The van der Waals surface area contributed by atoms with Gasteiger partial charge in [-0.2, -0.15) is 0 Å². The van der Waals surface area contributed by atoms with Crippen LogP contribution < -0.4 is 15.4 Å². The van der Waals surface area contributed by atoms with Crippen molar-refractivity contribution in [2.24, 2.45) is 0 Å². The maximum Gasteiger partial charge on any atom is 0.338 e. The first-order valence-electron chi connectivity index (χ1n) is 8.82. The molecule has 1 unspecified atom stereocenters. The Bertz CT molecular complexity index is 925. The Morgan fingerprint density at radius 3 is 2.50 bits per heavy atom. The average molecular weight is 445 g/mol. The lowest BCUT2D eigenvalue weighted by atomic mass is 9.92. The number of hydrogen-bond acceptors (Lipinski definition) is 4. The third-order valence-corrected chi connectivity index (χ3v) is 4.69. The molecule has 28 heavy (non-hydrogen) atoms. The van der Waals surface area contributed by atoms with Gasteiger partial charge >= 0.3 is 12.0 Å². The van der Waals surface area contributed by atoms with E-state index in [9.17, 15) is 9.59 Å². The summed E-state index contributed by atoms with van der Waals surface area (Å²) >= 11 is 3.45. The zero-order chi connectivity index (χ0) is 20.3. The van der Waals surface area contributed by atoms with E-state index in [0.29, 0.717) is 28.1 Å². The second-order valence-corrected chi connectivity index (χ2v) is 7.44. The fourth-order valence-electron chi connectivity index (χ4n) is 3.06. The highest BCUT2D eigenvalue weighted by molar-refractivity contribution is 9.10. The van der Waals surface area contributed by atoms with E-state index in [-0.39, 0.29) is 6.10 Å². The van der Waals surface area contributed by atoms with E-state index >= 15 is 0 Å². The van der Waals surface area contributed by atoms with Crippen LogP contribution in [0.4, 0.5) is 4.79 Å². The van der Waals surface area contributed by atoms with Crippen LogP contribution in [0.2, 0.25) is 0 Å². The van der Waals surface area contributed by atoms with Crippen LogP contribution >= 0.6 is 15.9 Å². The van der Waals surface area contributed by atoms with Gasteiger partial charge in [-0.05, 0) is 37.6 Å². The van der Waals surface area contributed by atoms with Crippen LogP contribution in [0, 0.1) is 0 Å². The number of hydrogen-bond donors (Lipinski definition) is 2. The summed E-state index contributed by atoms with van der Waals surface area (Å²) < 4.78 is 11.8. The monoisotopic (exact) mass is 444 g/mol. The largest absolute Gasteiger partial charge is 0.496 e. The molecule has 0 aliphatic carbocycles. The van der Waals surface area contributed by atoms with Crippen LogP contribution in [0.1, 0.15) is 31.0 Å². The standard InChI is InChI=1S/C21H21BrN2O4/c1-12(2)28-20(25)17-18(13-7-5-4-6-8-13)23-21(26)24-19(17)15-11-14(22)9-10-16(15)27-3/h4-12,19H,1-3H3,(H2,23,24,26). The zero-order valence-electron chi connectivity index (χ0n) is 15.8. The van der Waals surface area contributed by atoms with E-state index < -0.39 is 18.0 Å². The fraction of sp³-hybridized carbons (Fsp3) is 0.238. The number of carbonyl (C=O) groups excluding carboxylic acids is 2. The zero-order valence-corrected chi connectivity index (χ0v) is 17.4. The molecule has 146 valence electrons. The number of esters is 1. The summed E-state index contributed by atoms with van der Waals surface area (Å²) in [5, 5.41) is 5.59. The molecule has 7 heteroatoms. The van der Waals surface area contributed by atoms with Gasteiger partial charge in [0.05, 0.1) is 30.5 Å². The summed E-state index contributed by atoms with van der Waals surface area (Å²) in [5.74, 6) is 0.0473. The van der Waals surface area contributed by atoms with E-state index in [1.54, 1.807) is 27.0 Å². The highest BCUT2D eigenvalue weighted by Crippen LogP contribution is 2.37. The minimum absolute atomic E-state index is 0.306. The molecule has 1 aliphatic rings. The summed E-state index contributed by atoms with van der Waals surface area (Å²) in [6.45, 7) is 3.56. The first-order chi connectivity index (χ1) is 13.4. The summed E-state index contributed by atoms with van der Waals surface area (Å²) in [6.07, 6.45) is -0.306. The molecule has 2 aromatic rings. The number of ether oxygens (including phenoxy) is 2. The number of benzene rings is 2. The normalized spacial score (nSPS) is 16.5. The molecule has 0 saturated carbocycles. The molecule has 1 heterocycles. The molecule has 2 amide bonds. The van der Waals surface area contributed by atoms with Crippen molar-refractivity contribution < 1.29 is 19.1 Å². The second-order valence-electron chi connectivity index (χ2n) is 6.53. The molecular formula is C21H21BrN2O4. The molecular weight excluding hydrogens is 424 g/mol. The fourth-order valence-corrected chi connectivity index (χ4v) is 3.44. The smallest absolute Gasteiger partial charge is 0.338 e. The van der Waals surface area contributed by atoms with Gasteiger partial charge in [0, 0.05) is 10.0 Å². The van der Waals surface area contributed by atoms with Crippen molar-refractivity contribution in [1.82, 2.24) is 10.6 Å². The molecule has 0 spiro atoms. The lowest BCUT2D eigenvalue weighted by Gasteiger charge is -2.30. The maximum atomic E-state index is 13.0. The number of carbonyl (C=O) groups is 2. The van der Waals surface area contributed by atoms with Gasteiger partial charge in [0.2, 0.25) is 0 Å². The predicted molar refractivity (Wildman–Crippen MR) is 110 cm³/mol. The third-order valence-electron chi connectivity index (χ3n) is 4.20. The van der Waals surface area contributed by atoms with Gasteiger partial charge in [-0.15, -0.1) is 0 Å². The van der Waals surface area contributed by atoms with E-state index in [0.717, 1.165) is 4.47 Å². The van der Waals surface area contributed by atoms with E-state index in [1.807, 2.05) is 42.5 Å². The van der Waals surface area contributed by atoms with Crippen LogP contribution in [0.3, 0.4) is 0 Å². The molecule has 6 nitrogen and oxygen atoms in total. The predicted octanol–water partition coefficient (Wildman–Crippen LogP) is 4.17. The first-order valence-corrected chi connectivity index (χ1v) is 9.61. The van der Waals surface area contributed by atoms with E-state index in [4.69, 9.17) is 9.47 Å². The molecule has 0 aromatic heterocycles. The summed E-state index contributed by atoms with van der Waals surface area (Å²) in [6, 6.07) is 13.5. The lowest BCUT2D eigenvalue weighted by Crippen LogP contribution is -2.45. The molecule has 0 bridgehead atoms. The van der Waals surface area contributed by atoms with Crippen molar-refractivity contribution >= 4 is 33.6 Å². The quantitative estimate of drug-likeness (QED) is 0.678. The molecule has 1 atom stereocenters. The number of urea groups is 1. The van der Waals surface area contributed by atoms with Gasteiger partial charge in [0.1, 0.15) is 5.75 Å². The SMILES string of the molecule is COc1ccc(Br)cc1C1NC(=O)NC(c2ccccc2)=C1C(=O)OC(C)C. The number of halogens is 1. The molecule has 0 fully saturated rings. The number of rotatable bonds is 5. The van der Waals surface area contributed by atoms with Crippen LogP contribution in [0.15, 0.2) is 58.6 Å². The number of nitrogens with one attached hydrogen (secondary N) is 2. The van der Waals surface area contributed by atoms with Crippen LogP contribution in [-0.2, 0) is 9.53 Å². The van der Waals surface area contributed by atoms with Gasteiger partial charge < -0.3 is 20.1 Å². The number of methoxy groups -OCH3 is 1. The molecule has 2 N–H and O–H groups in total. The van der Waals surface area contributed by atoms with Gasteiger partial charge in [0.15, 0.2) is 0 Å². The van der Waals surface area contributed by atoms with Crippen molar-refractivity contribution in [2.75, 3.05) is 7.11 Å². The summed E-state index contributed by atoms with van der Waals surface area (Å²) in [5.41, 5.74) is 2.10. The molecule has 2 aromatic carbocycles. The topological polar surface area (TPSA) is 76.7 Å². The Labute approximate surface area is 172 Å². The van der Waals surface area contributed by atoms with Gasteiger partial charge in [0.25, 0.3) is 0 Å². The second kappa shape index (κ2) is 8.48. The Morgan fingerprint density at radius 1 is 1.14 bits per heavy atom. The molecule has 3 rings (SSSR count). The Hall–Kier alpha value is -2.80. The Balaban J connectivity index is 2.23. The van der Waals surface area contributed by atoms with Crippen molar-refractivity contribution in [2.45, 2.75) is 26.0 Å². The first kappa shape index (κ1) is 19.9. The number of amides is 2.